The van der Waals surface area contributed by atoms with Crippen LogP contribution in [0.3, 0.4) is 0 Å². The zero-order valence-corrected chi connectivity index (χ0v) is 38.8. The summed E-state index contributed by atoms with van der Waals surface area (Å²) in [6.07, 6.45) is 5.11. The predicted octanol–water partition coefficient (Wildman–Crippen LogP) is 7.45. The lowest BCUT2D eigenvalue weighted by Gasteiger charge is -2.24. The molecule has 0 saturated carbocycles. The van der Waals surface area contributed by atoms with Gasteiger partial charge < -0.3 is 39.4 Å². The minimum absolute atomic E-state index is 0.119. The smallest absolute Gasteiger partial charge is 0.260 e. The topological polar surface area (TPSA) is 136 Å². The first-order valence-electron chi connectivity index (χ1n) is 23.2. The van der Waals surface area contributed by atoms with Crippen molar-refractivity contribution in [3.05, 3.63) is 117 Å². The van der Waals surface area contributed by atoms with Gasteiger partial charge in [0.05, 0.1) is 0 Å². The van der Waals surface area contributed by atoms with Crippen LogP contribution in [0.1, 0.15) is 112 Å². The SMILES string of the molecule is CCCCNC(=O)COc1c2cccc1Cc1cccc(c1OCC(=O)N(CC)CC)Cc1cccc(c1OCC(=O)NCCCC)Cc1cccc(c1OCC(=O)N(CC)CC)C2. The normalized spacial score (nSPS) is 11.8. The summed E-state index contributed by atoms with van der Waals surface area (Å²) in [7, 11) is 0. The Morgan fingerprint density at radius 2 is 0.672 bits per heavy atom. The van der Waals surface area contributed by atoms with Crippen molar-refractivity contribution in [2.75, 3.05) is 65.7 Å². The Morgan fingerprint density at radius 1 is 0.422 bits per heavy atom. The molecule has 8 bridgehead atoms. The molecular weight excluding hydrogens is 809 g/mol. The number of amides is 4. The van der Waals surface area contributed by atoms with Gasteiger partial charge in [-0.3, -0.25) is 19.2 Å². The molecule has 0 atom stereocenters. The second kappa shape index (κ2) is 25.3. The van der Waals surface area contributed by atoms with Crippen LogP contribution in [-0.2, 0) is 44.9 Å². The molecule has 0 aromatic heterocycles. The summed E-state index contributed by atoms with van der Waals surface area (Å²) >= 11 is 0. The standard InChI is InChI=1S/C52H68N4O8/c1-7-13-27-53-45(57)33-61-49-37-19-15-20-38(49)30-42-24-18-26-44(52(42)64-36-48(60)56(11-5)12-6)32-40-22-16-21-39(50(40)62-34-46(58)54-28-14-8-2)31-43-25-17-23-41(29-37)51(43)63-35-47(59)55(9-3)10-4/h15-26H,7-14,27-36H2,1-6H3,(H,53,57)(H,54,58). The fourth-order valence-electron chi connectivity index (χ4n) is 8.02. The van der Waals surface area contributed by atoms with Gasteiger partial charge in [-0.1, -0.05) is 99.5 Å². The zero-order chi connectivity index (χ0) is 45.8. The first-order chi connectivity index (χ1) is 31.1. The predicted molar refractivity (Wildman–Crippen MR) is 251 cm³/mol. The van der Waals surface area contributed by atoms with Crippen LogP contribution in [0.5, 0.6) is 23.0 Å². The third-order valence-electron chi connectivity index (χ3n) is 11.5. The third kappa shape index (κ3) is 13.5. The number of likely N-dealkylation sites (N-methyl/N-ethyl adjacent to an activating group) is 2. The number of para-hydroxylation sites is 4. The molecule has 0 radical (unpaired) electrons. The molecule has 344 valence electrons. The highest BCUT2D eigenvalue weighted by Gasteiger charge is 2.24. The summed E-state index contributed by atoms with van der Waals surface area (Å²) in [6, 6.07) is 23.9. The van der Waals surface area contributed by atoms with Crippen molar-refractivity contribution in [2.24, 2.45) is 0 Å². The number of nitrogens with zero attached hydrogens (tertiary/aromatic N) is 2. The molecule has 5 rings (SSSR count). The molecule has 0 spiro atoms. The average Bonchev–Trinajstić information content (AvgIpc) is 3.29. The van der Waals surface area contributed by atoms with E-state index in [1.165, 1.54) is 0 Å². The van der Waals surface area contributed by atoms with Gasteiger partial charge in [-0.15, -0.1) is 0 Å². The van der Waals surface area contributed by atoms with Gasteiger partial charge in [0.25, 0.3) is 23.6 Å². The van der Waals surface area contributed by atoms with Gasteiger partial charge >= 0.3 is 0 Å². The Kier molecular flexibility index (Phi) is 19.4. The van der Waals surface area contributed by atoms with E-state index in [1.54, 1.807) is 9.80 Å². The number of hydrogen-bond acceptors (Lipinski definition) is 8. The number of carbonyl (C=O) groups excluding carboxylic acids is 4. The summed E-state index contributed by atoms with van der Waals surface area (Å²) in [4.78, 5) is 56.6. The maximum atomic E-state index is 13.4. The number of fused-ring (bicyclic) bond motifs is 8. The molecule has 4 amide bonds. The minimum Gasteiger partial charge on any atom is -0.483 e. The largest absolute Gasteiger partial charge is 0.483 e. The lowest BCUT2D eigenvalue weighted by molar-refractivity contribution is -0.133. The summed E-state index contributed by atoms with van der Waals surface area (Å²) < 4.78 is 26.2. The van der Waals surface area contributed by atoms with E-state index in [4.69, 9.17) is 18.9 Å². The summed E-state index contributed by atoms with van der Waals surface area (Å²) in [6.45, 7) is 14.7. The Balaban J connectivity index is 1.69. The highest BCUT2D eigenvalue weighted by Crippen LogP contribution is 2.39. The molecule has 1 aliphatic carbocycles. The fourth-order valence-corrected chi connectivity index (χ4v) is 8.02. The summed E-state index contributed by atoms with van der Waals surface area (Å²) in [5, 5.41) is 5.94. The lowest BCUT2D eigenvalue weighted by atomic mass is 9.91. The van der Waals surface area contributed by atoms with Gasteiger partial charge in [-0.2, -0.15) is 0 Å². The van der Waals surface area contributed by atoms with Crippen LogP contribution in [-0.4, -0.2) is 99.1 Å². The quantitative estimate of drug-likeness (QED) is 0.0686. The first-order valence-corrected chi connectivity index (χ1v) is 23.2. The number of nitrogens with one attached hydrogen (secondary N) is 2. The van der Waals surface area contributed by atoms with Gasteiger partial charge in [-0.05, 0) is 85.0 Å². The van der Waals surface area contributed by atoms with Crippen molar-refractivity contribution in [1.29, 1.82) is 0 Å². The van der Waals surface area contributed by atoms with E-state index < -0.39 is 0 Å². The van der Waals surface area contributed by atoms with Crippen molar-refractivity contribution < 1.29 is 38.1 Å². The van der Waals surface area contributed by atoms with Gasteiger partial charge in [0.15, 0.2) is 26.4 Å². The van der Waals surface area contributed by atoms with Gasteiger partial charge in [0.2, 0.25) is 0 Å². The number of benzene rings is 4. The van der Waals surface area contributed by atoms with E-state index >= 15 is 0 Å². The summed E-state index contributed by atoms with van der Waals surface area (Å²) in [5.41, 5.74) is 6.67. The molecule has 12 heteroatoms. The molecule has 0 unspecified atom stereocenters. The van der Waals surface area contributed by atoms with E-state index in [-0.39, 0.29) is 50.1 Å². The van der Waals surface area contributed by atoms with E-state index in [9.17, 15) is 19.2 Å². The average molecular weight is 877 g/mol. The van der Waals surface area contributed by atoms with Crippen LogP contribution < -0.4 is 29.6 Å². The molecule has 0 aliphatic heterocycles. The van der Waals surface area contributed by atoms with Crippen LogP contribution in [0.4, 0.5) is 0 Å². The van der Waals surface area contributed by atoms with Crippen molar-refractivity contribution in [1.82, 2.24) is 20.4 Å². The van der Waals surface area contributed by atoms with Gasteiger partial charge in [0, 0.05) is 65.0 Å². The Labute approximate surface area is 380 Å². The molecular formula is C52H68N4O8. The van der Waals surface area contributed by atoms with Crippen LogP contribution in [0.2, 0.25) is 0 Å². The second-order valence-electron chi connectivity index (χ2n) is 16.0. The number of rotatable bonds is 22. The molecule has 2 N–H and O–H groups in total. The molecule has 4 aromatic carbocycles. The van der Waals surface area contributed by atoms with E-state index in [0.717, 1.165) is 70.2 Å². The molecule has 1 aliphatic rings. The third-order valence-corrected chi connectivity index (χ3v) is 11.5. The fraction of sp³-hybridized carbons (Fsp3) is 0.462. The molecule has 4 aromatic rings. The summed E-state index contributed by atoms with van der Waals surface area (Å²) in [5.74, 6) is 1.64. The monoisotopic (exact) mass is 877 g/mol. The van der Waals surface area contributed by atoms with Crippen molar-refractivity contribution in [3.8, 4) is 23.0 Å². The van der Waals surface area contributed by atoms with Crippen LogP contribution in [0.25, 0.3) is 0 Å². The number of carbonyl (C=O) groups is 4. The second-order valence-corrected chi connectivity index (χ2v) is 16.0. The number of ether oxygens (including phenoxy) is 4. The first kappa shape index (κ1) is 49.0. The van der Waals surface area contributed by atoms with E-state index in [0.29, 0.717) is 87.9 Å². The van der Waals surface area contributed by atoms with E-state index in [2.05, 4.69) is 24.5 Å². The Morgan fingerprint density at radius 3 is 0.906 bits per heavy atom. The Bertz CT molecular complexity index is 1940. The molecule has 0 heterocycles. The highest BCUT2D eigenvalue weighted by atomic mass is 16.5. The number of hydrogen-bond donors (Lipinski definition) is 2. The van der Waals surface area contributed by atoms with Gasteiger partial charge in [-0.25, -0.2) is 0 Å². The molecule has 64 heavy (non-hydrogen) atoms. The molecule has 0 fully saturated rings. The maximum absolute atomic E-state index is 13.4. The van der Waals surface area contributed by atoms with Crippen LogP contribution in [0, 0.1) is 0 Å². The number of unbranched alkanes of at least 4 members (excludes halogenated alkanes) is 2. The van der Waals surface area contributed by atoms with Crippen molar-refractivity contribution >= 4 is 23.6 Å². The van der Waals surface area contributed by atoms with Crippen molar-refractivity contribution in [3.63, 3.8) is 0 Å². The minimum atomic E-state index is -0.212. The molecule has 12 nitrogen and oxygen atoms in total. The van der Waals surface area contributed by atoms with Gasteiger partial charge in [0.1, 0.15) is 23.0 Å². The van der Waals surface area contributed by atoms with Crippen molar-refractivity contribution in [2.45, 2.75) is 92.9 Å². The lowest BCUT2D eigenvalue weighted by Crippen LogP contribution is -2.34. The van der Waals surface area contributed by atoms with Crippen LogP contribution >= 0.6 is 0 Å². The Hall–Kier alpha value is -6.04. The maximum Gasteiger partial charge on any atom is 0.260 e. The molecule has 0 saturated heterocycles. The zero-order valence-electron chi connectivity index (χ0n) is 38.8. The van der Waals surface area contributed by atoms with E-state index in [1.807, 2.05) is 100 Å². The van der Waals surface area contributed by atoms with Crippen LogP contribution in [0.15, 0.2) is 72.8 Å². The highest BCUT2D eigenvalue weighted by molar-refractivity contribution is 5.79.